The summed E-state index contributed by atoms with van der Waals surface area (Å²) >= 11 is 0. The molecule has 0 saturated carbocycles. The molecule has 0 aromatic rings. The fourth-order valence-electron chi connectivity index (χ4n) is 2.86. The van der Waals surface area contributed by atoms with E-state index in [2.05, 4.69) is 31.2 Å². The van der Waals surface area contributed by atoms with Crippen LogP contribution in [0.4, 0.5) is 0 Å². The summed E-state index contributed by atoms with van der Waals surface area (Å²) in [6.07, 6.45) is 20.8. The predicted octanol–water partition coefficient (Wildman–Crippen LogP) is 5.84. The molecule has 0 aliphatic carbocycles. The lowest BCUT2D eigenvalue weighted by Crippen LogP contribution is -2.30. The monoisotopic (exact) mass is 438 g/mol. The molecule has 0 rings (SSSR count). The predicted molar refractivity (Wildman–Crippen MR) is 123 cm³/mol. The molecular formula is C25H42O6. The Balaban J connectivity index is 3.72. The van der Waals surface area contributed by atoms with Gasteiger partial charge >= 0.3 is 17.9 Å². The maximum absolute atomic E-state index is 12.0. The van der Waals surface area contributed by atoms with E-state index < -0.39 is 18.0 Å². The van der Waals surface area contributed by atoms with Gasteiger partial charge in [-0.1, -0.05) is 63.3 Å². The van der Waals surface area contributed by atoms with Crippen LogP contribution in [0.15, 0.2) is 24.3 Å². The minimum Gasteiger partial charge on any atom is -0.462 e. The van der Waals surface area contributed by atoms with Crippen LogP contribution in [0.2, 0.25) is 0 Å². The summed E-state index contributed by atoms with van der Waals surface area (Å²) in [6, 6.07) is 0. The highest BCUT2D eigenvalue weighted by Crippen LogP contribution is 2.10. The summed E-state index contributed by atoms with van der Waals surface area (Å²) in [6.45, 7) is 4.54. The number of allylic oxidation sites excluding steroid dienone is 4. The molecule has 0 atom stereocenters. The molecule has 0 unspecified atom stereocenters. The van der Waals surface area contributed by atoms with E-state index in [9.17, 15) is 14.4 Å². The molecule has 6 heteroatoms. The maximum Gasteiger partial charge on any atom is 0.306 e. The smallest absolute Gasteiger partial charge is 0.306 e. The Labute approximate surface area is 188 Å². The minimum absolute atomic E-state index is 0.115. The van der Waals surface area contributed by atoms with Gasteiger partial charge in [0.25, 0.3) is 0 Å². The van der Waals surface area contributed by atoms with Crippen LogP contribution in [0, 0.1) is 0 Å². The first-order valence-electron chi connectivity index (χ1n) is 11.7. The highest BCUT2D eigenvalue weighted by Gasteiger charge is 2.17. The summed E-state index contributed by atoms with van der Waals surface area (Å²) < 4.78 is 15.0. The second kappa shape index (κ2) is 21.1. The van der Waals surface area contributed by atoms with Crippen molar-refractivity contribution < 1.29 is 28.6 Å². The molecule has 0 radical (unpaired) electrons. The minimum atomic E-state index is -0.765. The molecule has 0 bridgehead atoms. The SMILES string of the molecule is CCCCC/C=C\C/C=C\CCCCCCCC(=O)OC(COC(C)=O)COC(C)=O. The van der Waals surface area contributed by atoms with Crippen molar-refractivity contribution in [3.8, 4) is 0 Å². The number of carbonyl (C=O) groups is 3. The largest absolute Gasteiger partial charge is 0.462 e. The van der Waals surface area contributed by atoms with E-state index in [1.165, 1.54) is 39.5 Å². The van der Waals surface area contributed by atoms with Gasteiger partial charge in [-0.15, -0.1) is 0 Å². The molecule has 0 aromatic carbocycles. The Bertz CT molecular complexity index is 520. The van der Waals surface area contributed by atoms with Gasteiger partial charge in [-0.05, 0) is 38.5 Å². The Morgan fingerprint density at radius 1 is 0.710 bits per heavy atom. The molecule has 31 heavy (non-hydrogen) atoms. The van der Waals surface area contributed by atoms with Crippen LogP contribution in [-0.2, 0) is 28.6 Å². The van der Waals surface area contributed by atoms with Gasteiger partial charge in [0.2, 0.25) is 0 Å². The van der Waals surface area contributed by atoms with Gasteiger partial charge in [0.15, 0.2) is 6.10 Å². The molecule has 178 valence electrons. The van der Waals surface area contributed by atoms with E-state index in [1.54, 1.807) is 0 Å². The van der Waals surface area contributed by atoms with Crippen molar-refractivity contribution in [1.82, 2.24) is 0 Å². The first kappa shape index (κ1) is 28.9. The molecule has 0 N–H and O–H groups in total. The number of esters is 3. The van der Waals surface area contributed by atoms with E-state index in [4.69, 9.17) is 14.2 Å². The summed E-state index contributed by atoms with van der Waals surface area (Å²) in [5, 5.41) is 0. The zero-order valence-corrected chi connectivity index (χ0v) is 19.7. The van der Waals surface area contributed by atoms with Crippen LogP contribution in [0.25, 0.3) is 0 Å². The third-order valence-electron chi connectivity index (χ3n) is 4.57. The second-order valence-corrected chi connectivity index (χ2v) is 7.70. The zero-order valence-electron chi connectivity index (χ0n) is 19.7. The Morgan fingerprint density at radius 3 is 1.77 bits per heavy atom. The molecule has 0 amide bonds. The topological polar surface area (TPSA) is 78.9 Å². The van der Waals surface area contributed by atoms with Crippen LogP contribution < -0.4 is 0 Å². The fourth-order valence-corrected chi connectivity index (χ4v) is 2.86. The van der Waals surface area contributed by atoms with Crippen LogP contribution in [0.3, 0.4) is 0 Å². The first-order chi connectivity index (χ1) is 15.0. The van der Waals surface area contributed by atoms with Crippen LogP contribution >= 0.6 is 0 Å². The lowest BCUT2D eigenvalue weighted by atomic mass is 10.1. The summed E-state index contributed by atoms with van der Waals surface area (Å²) in [7, 11) is 0. The molecule has 0 fully saturated rings. The molecule has 0 aliphatic rings. The third kappa shape index (κ3) is 22.4. The average Bonchev–Trinajstić information content (AvgIpc) is 2.72. The van der Waals surface area contributed by atoms with E-state index in [1.807, 2.05) is 0 Å². The second-order valence-electron chi connectivity index (χ2n) is 7.70. The van der Waals surface area contributed by atoms with Crippen molar-refractivity contribution in [2.24, 2.45) is 0 Å². The molecular weight excluding hydrogens is 396 g/mol. The van der Waals surface area contributed by atoms with Crippen LogP contribution in [0.5, 0.6) is 0 Å². The molecule has 0 heterocycles. The van der Waals surface area contributed by atoms with Crippen molar-refractivity contribution in [2.45, 2.75) is 104 Å². The van der Waals surface area contributed by atoms with Gasteiger partial charge in [0.05, 0.1) is 0 Å². The fraction of sp³-hybridized carbons (Fsp3) is 0.720. The molecule has 0 spiro atoms. The van der Waals surface area contributed by atoms with Gasteiger partial charge in [0.1, 0.15) is 13.2 Å². The average molecular weight is 439 g/mol. The summed E-state index contributed by atoms with van der Waals surface area (Å²) in [4.78, 5) is 33.8. The Kier molecular flexibility index (Phi) is 19.7. The number of unbranched alkanes of at least 4 members (excludes halogenated alkanes) is 8. The Hall–Kier alpha value is -2.11. The van der Waals surface area contributed by atoms with Gasteiger partial charge in [-0.2, -0.15) is 0 Å². The highest BCUT2D eigenvalue weighted by atomic mass is 16.6. The van der Waals surface area contributed by atoms with Crippen molar-refractivity contribution >= 4 is 17.9 Å². The van der Waals surface area contributed by atoms with Gasteiger partial charge in [-0.3, -0.25) is 14.4 Å². The van der Waals surface area contributed by atoms with E-state index in [0.29, 0.717) is 6.42 Å². The number of hydrogen-bond acceptors (Lipinski definition) is 6. The molecule has 0 aromatic heterocycles. The number of hydrogen-bond donors (Lipinski definition) is 0. The standard InChI is InChI=1S/C25H42O6/c1-4-5-6-7-8-9-10-11-12-13-14-15-16-17-18-19-25(28)31-24(20-29-22(2)26)21-30-23(3)27/h8-9,11-12,24H,4-7,10,13-21H2,1-3H3/b9-8-,12-11-. The van der Waals surface area contributed by atoms with Crippen molar-refractivity contribution in [2.75, 3.05) is 13.2 Å². The van der Waals surface area contributed by atoms with Crippen molar-refractivity contribution in [3.63, 3.8) is 0 Å². The van der Waals surface area contributed by atoms with Crippen molar-refractivity contribution in [1.29, 1.82) is 0 Å². The lowest BCUT2D eigenvalue weighted by Gasteiger charge is -2.17. The molecule has 0 saturated heterocycles. The lowest BCUT2D eigenvalue weighted by molar-refractivity contribution is -0.165. The first-order valence-corrected chi connectivity index (χ1v) is 11.7. The quantitative estimate of drug-likeness (QED) is 0.109. The van der Waals surface area contributed by atoms with Crippen molar-refractivity contribution in [3.05, 3.63) is 24.3 Å². The highest BCUT2D eigenvalue weighted by molar-refractivity contribution is 5.70. The number of rotatable bonds is 19. The zero-order chi connectivity index (χ0) is 23.2. The van der Waals surface area contributed by atoms with Crippen LogP contribution in [0.1, 0.15) is 97.8 Å². The van der Waals surface area contributed by atoms with E-state index in [0.717, 1.165) is 44.9 Å². The molecule has 0 aliphatic heterocycles. The summed E-state index contributed by atoms with van der Waals surface area (Å²) in [5.41, 5.74) is 0. The maximum atomic E-state index is 12.0. The van der Waals surface area contributed by atoms with Gasteiger partial charge in [0, 0.05) is 20.3 Å². The van der Waals surface area contributed by atoms with Crippen LogP contribution in [-0.4, -0.2) is 37.2 Å². The van der Waals surface area contributed by atoms with E-state index >= 15 is 0 Å². The normalized spacial score (nSPS) is 11.4. The number of ether oxygens (including phenoxy) is 3. The van der Waals surface area contributed by atoms with Gasteiger partial charge < -0.3 is 14.2 Å². The van der Waals surface area contributed by atoms with E-state index in [-0.39, 0.29) is 19.2 Å². The van der Waals surface area contributed by atoms with Gasteiger partial charge in [-0.25, -0.2) is 0 Å². The molecule has 6 nitrogen and oxygen atoms in total. The third-order valence-corrected chi connectivity index (χ3v) is 4.57. The summed E-state index contributed by atoms with van der Waals surface area (Å²) in [5.74, 6) is -1.31. The Morgan fingerprint density at radius 2 is 1.23 bits per heavy atom. The number of carbonyl (C=O) groups excluding carboxylic acids is 3.